The number of carboxylic acids is 4. The summed E-state index contributed by atoms with van der Waals surface area (Å²) in [5, 5.41) is 41.0. The number of amides is 1. The number of hydrogen-bond acceptors (Lipinski definition) is 8. The summed E-state index contributed by atoms with van der Waals surface area (Å²) in [6, 6.07) is -1.09. The minimum Gasteiger partial charge on any atom is -0.480 e. The highest BCUT2D eigenvalue weighted by molar-refractivity contribution is 5.78. The van der Waals surface area contributed by atoms with E-state index in [0.717, 1.165) is 4.90 Å². The van der Waals surface area contributed by atoms with Gasteiger partial charge in [-0.15, -0.1) is 0 Å². The molecular formula is C16H28N4O9. The smallest absolute Gasteiger partial charge is 0.320 e. The molecule has 13 heteroatoms. The fourth-order valence-electron chi connectivity index (χ4n) is 2.56. The van der Waals surface area contributed by atoms with Gasteiger partial charge in [0.2, 0.25) is 5.91 Å². The standard InChI is InChI=1S/C16H28N4O9/c1-17-12(21)3-2-11(16(28)29)20(5-4-18-8-13(22)23)7-6-19(9-14(24)25)10-15(26)27/h11,18H,2-10H2,1H3,(H,17,21)(H,22,23)(H,24,25)(H,26,27)(H,28,29). The third-order valence-corrected chi connectivity index (χ3v) is 3.92. The average molecular weight is 420 g/mol. The lowest BCUT2D eigenvalue weighted by Crippen LogP contribution is -2.49. The first-order valence-electron chi connectivity index (χ1n) is 8.82. The minimum atomic E-state index is -1.23. The molecule has 0 aromatic rings. The molecule has 6 N–H and O–H groups in total. The van der Waals surface area contributed by atoms with Gasteiger partial charge < -0.3 is 31.1 Å². The van der Waals surface area contributed by atoms with Crippen molar-refractivity contribution in [1.29, 1.82) is 0 Å². The van der Waals surface area contributed by atoms with E-state index in [0.29, 0.717) is 0 Å². The number of carboxylic acid groups (broad SMARTS) is 4. The van der Waals surface area contributed by atoms with Gasteiger partial charge in [0.15, 0.2) is 0 Å². The van der Waals surface area contributed by atoms with Crippen molar-refractivity contribution >= 4 is 29.8 Å². The van der Waals surface area contributed by atoms with Gasteiger partial charge >= 0.3 is 23.9 Å². The zero-order chi connectivity index (χ0) is 22.4. The van der Waals surface area contributed by atoms with Gasteiger partial charge in [-0.1, -0.05) is 0 Å². The summed E-state index contributed by atoms with van der Waals surface area (Å²) in [5.41, 5.74) is 0. The summed E-state index contributed by atoms with van der Waals surface area (Å²) >= 11 is 0. The first-order valence-corrected chi connectivity index (χ1v) is 8.82. The molecule has 0 aromatic carbocycles. The van der Waals surface area contributed by atoms with Gasteiger partial charge in [-0.05, 0) is 6.42 Å². The van der Waals surface area contributed by atoms with E-state index in [9.17, 15) is 29.1 Å². The Labute approximate surface area is 167 Å². The lowest BCUT2D eigenvalue weighted by atomic mass is 10.1. The van der Waals surface area contributed by atoms with Crippen LogP contribution in [0.1, 0.15) is 12.8 Å². The molecule has 0 aromatic heterocycles. The molecule has 0 rings (SSSR count). The van der Waals surface area contributed by atoms with Crippen molar-refractivity contribution in [3.63, 3.8) is 0 Å². The van der Waals surface area contributed by atoms with E-state index < -0.39 is 43.0 Å². The average Bonchev–Trinajstić information content (AvgIpc) is 2.60. The van der Waals surface area contributed by atoms with Crippen molar-refractivity contribution in [2.45, 2.75) is 18.9 Å². The fourth-order valence-corrected chi connectivity index (χ4v) is 2.56. The Morgan fingerprint density at radius 1 is 0.862 bits per heavy atom. The lowest BCUT2D eigenvalue weighted by molar-refractivity contribution is -0.146. The Kier molecular flexibility index (Phi) is 12.9. The van der Waals surface area contributed by atoms with Crippen molar-refractivity contribution in [2.24, 2.45) is 0 Å². The number of aliphatic carboxylic acids is 4. The molecule has 0 aliphatic carbocycles. The number of hydrogen-bond donors (Lipinski definition) is 6. The summed E-state index contributed by atoms with van der Waals surface area (Å²) in [5.74, 6) is -5.08. The van der Waals surface area contributed by atoms with Gasteiger partial charge in [-0.25, -0.2) is 0 Å². The van der Waals surface area contributed by atoms with Gasteiger partial charge in [0.1, 0.15) is 6.04 Å². The zero-order valence-electron chi connectivity index (χ0n) is 16.2. The number of nitrogens with one attached hydrogen (secondary N) is 2. The highest BCUT2D eigenvalue weighted by atomic mass is 16.4. The van der Waals surface area contributed by atoms with Gasteiger partial charge in [0.25, 0.3) is 0 Å². The Bertz CT molecular complexity index is 569. The first-order chi connectivity index (χ1) is 13.6. The number of carbonyl (C=O) groups is 5. The Hall–Kier alpha value is -2.77. The lowest BCUT2D eigenvalue weighted by Gasteiger charge is -2.31. The quantitative estimate of drug-likeness (QED) is 0.135. The molecule has 0 radical (unpaired) electrons. The van der Waals surface area contributed by atoms with E-state index in [1.54, 1.807) is 0 Å². The maximum Gasteiger partial charge on any atom is 0.320 e. The highest BCUT2D eigenvalue weighted by Gasteiger charge is 2.27. The van der Waals surface area contributed by atoms with Crippen LogP contribution in [0.3, 0.4) is 0 Å². The van der Waals surface area contributed by atoms with Crippen LogP contribution in [0.15, 0.2) is 0 Å². The van der Waals surface area contributed by atoms with E-state index in [1.807, 2.05) is 0 Å². The molecule has 29 heavy (non-hydrogen) atoms. The van der Waals surface area contributed by atoms with Crippen LogP contribution in [0, 0.1) is 0 Å². The van der Waals surface area contributed by atoms with Crippen LogP contribution in [0.2, 0.25) is 0 Å². The summed E-state index contributed by atoms with van der Waals surface area (Å²) in [6.45, 7) is -1.18. The highest BCUT2D eigenvalue weighted by Crippen LogP contribution is 2.08. The van der Waals surface area contributed by atoms with E-state index in [1.165, 1.54) is 11.9 Å². The van der Waals surface area contributed by atoms with Gasteiger partial charge in [0.05, 0.1) is 19.6 Å². The molecule has 166 valence electrons. The summed E-state index contributed by atoms with van der Waals surface area (Å²) in [7, 11) is 1.42. The van der Waals surface area contributed by atoms with Gasteiger partial charge in [-0.2, -0.15) is 0 Å². The van der Waals surface area contributed by atoms with Crippen LogP contribution < -0.4 is 10.6 Å². The first kappa shape index (κ1) is 26.2. The van der Waals surface area contributed by atoms with Crippen molar-refractivity contribution in [3.05, 3.63) is 0 Å². The van der Waals surface area contributed by atoms with E-state index in [4.69, 9.17) is 15.3 Å². The topological polar surface area (TPSA) is 197 Å². The molecule has 0 bridgehead atoms. The third kappa shape index (κ3) is 13.1. The molecule has 0 fully saturated rings. The monoisotopic (exact) mass is 420 g/mol. The molecule has 1 unspecified atom stereocenters. The molecule has 1 atom stereocenters. The second kappa shape index (κ2) is 14.3. The van der Waals surface area contributed by atoms with Gasteiger partial charge in [0, 0.05) is 39.6 Å². The van der Waals surface area contributed by atoms with Gasteiger partial charge in [-0.3, -0.25) is 33.8 Å². The van der Waals surface area contributed by atoms with Crippen LogP contribution >= 0.6 is 0 Å². The molecular weight excluding hydrogens is 392 g/mol. The Balaban J connectivity index is 5.16. The molecule has 0 spiro atoms. The number of nitrogens with zero attached hydrogens (tertiary/aromatic N) is 2. The Morgan fingerprint density at radius 3 is 1.90 bits per heavy atom. The molecule has 1 amide bonds. The minimum absolute atomic E-state index is 0.0139. The predicted octanol–water partition coefficient (Wildman–Crippen LogP) is -2.59. The van der Waals surface area contributed by atoms with Crippen LogP contribution in [0.4, 0.5) is 0 Å². The second-order valence-corrected chi connectivity index (χ2v) is 6.17. The van der Waals surface area contributed by atoms with E-state index >= 15 is 0 Å². The van der Waals surface area contributed by atoms with Crippen molar-refractivity contribution in [2.75, 3.05) is 52.9 Å². The maximum atomic E-state index is 11.7. The largest absolute Gasteiger partial charge is 0.480 e. The van der Waals surface area contributed by atoms with E-state index in [-0.39, 0.29) is 51.5 Å². The summed E-state index contributed by atoms with van der Waals surface area (Å²) in [6.07, 6.45) is -0.0771. The van der Waals surface area contributed by atoms with Crippen molar-refractivity contribution in [1.82, 2.24) is 20.4 Å². The van der Waals surface area contributed by atoms with Crippen LogP contribution in [0.25, 0.3) is 0 Å². The number of rotatable bonds is 17. The molecule has 0 aliphatic heterocycles. The third-order valence-electron chi connectivity index (χ3n) is 3.92. The van der Waals surface area contributed by atoms with Crippen molar-refractivity contribution in [3.8, 4) is 0 Å². The molecule has 13 nitrogen and oxygen atoms in total. The maximum absolute atomic E-state index is 11.7. The van der Waals surface area contributed by atoms with Crippen molar-refractivity contribution < 1.29 is 44.4 Å². The second-order valence-electron chi connectivity index (χ2n) is 6.17. The fraction of sp³-hybridized carbons (Fsp3) is 0.688. The van der Waals surface area contributed by atoms with Crippen LogP contribution in [-0.2, 0) is 24.0 Å². The normalized spacial score (nSPS) is 12.0. The van der Waals surface area contributed by atoms with Crippen LogP contribution in [0.5, 0.6) is 0 Å². The predicted molar refractivity (Wildman–Crippen MR) is 98.5 cm³/mol. The molecule has 0 aliphatic rings. The molecule has 0 saturated heterocycles. The summed E-state index contributed by atoms with van der Waals surface area (Å²) in [4.78, 5) is 58.2. The number of carbonyl (C=O) groups excluding carboxylic acids is 1. The molecule has 0 heterocycles. The molecule has 0 saturated carbocycles. The van der Waals surface area contributed by atoms with Crippen LogP contribution in [-0.4, -0.2) is 119 Å². The van der Waals surface area contributed by atoms with E-state index in [2.05, 4.69) is 10.6 Å². The summed E-state index contributed by atoms with van der Waals surface area (Å²) < 4.78 is 0. The zero-order valence-corrected chi connectivity index (χ0v) is 16.2. The Morgan fingerprint density at radius 2 is 1.45 bits per heavy atom. The SMILES string of the molecule is CNC(=O)CCC(C(=O)O)N(CCNCC(=O)O)CCN(CC(=O)O)CC(=O)O.